The van der Waals surface area contributed by atoms with Crippen LogP contribution in [0.3, 0.4) is 0 Å². The summed E-state index contributed by atoms with van der Waals surface area (Å²) < 4.78 is 0. The minimum atomic E-state index is -1.26. The molecule has 0 saturated heterocycles. The molecule has 0 aromatic carbocycles. The molecule has 436 valence electrons. The van der Waals surface area contributed by atoms with Crippen LogP contribution in [-0.4, -0.2) is 57.3 Å². The number of aliphatic hydroxyl groups excluding tert-OH is 4. The highest BCUT2D eigenvalue weighted by Crippen LogP contribution is 2.19. The summed E-state index contributed by atoms with van der Waals surface area (Å²) in [5.41, 5.74) is 0. The Bertz CT molecular complexity index is 1070. The average Bonchev–Trinajstić information content (AvgIpc) is 3.40. The van der Waals surface area contributed by atoms with Gasteiger partial charge in [-0.05, 0) is 38.5 Å². The van der Waals surface area contributed by atoms with Gasteiger partial charge in [0.25, 0.3) is 0 Å². The van der Waals surface area contributed by atoms with Gasteiger partial charge >= 0.3 is 0 Å². The van der Waals surface area contributed by atoms with Gasteiger partial charge in [0.05, 0.1) is 18.8 Å². The fourth-order valence-electron chi connectivity index (χ4n) is 11.0. The van der Waals surface area contributed by atoms with Crippen molar-refractivity contribution >= 4 is 5.91 Å². The number of hydrogen-bond acceptors (Lipinski definition) is 5. The molecule has 4 unspecified atom stereocenters. The first-order chi connectivity index (χ1) is 36.0. The fourth-order valence-corrected chi connectivity index (χ4v) is 11.0. The topological polar surface area (TPSA) is 110 Å². The third kappa shape index (κ3) is 55.6. The van der Waals surface area contributed by atoms with Gasteiger partial charge in [-0.25, -0.2) is 0 Å². The molecule has 6 heteroatoms. The van der Waals surface area contributed by atoms with E-state index < -0.39 is 36.9 Å². The van der Waals surface area contributed by atoms with Gasteiger partial charge in [-0.3, -0.25) is 4.79 Å². The number of carbonyl (C=O) groups excluding carboxylic acids is 1. The number of hydrogen-bond donors (Lipinski definition) is 5. The molecule has 0 aliphatic heterocycles. The normalized spacial score (nSPS) is 13.6. The Kier molecular flexibility index (Phi) is 61.1. The summed E-state index contributed by atoms with van der Waals surface area (Å²) in [6.07, 6.45) is 76.1. The van der Waals surface area contributed by atoms with Crippen molar-refractivity contribution in [3.63, 3.8) is 0 Å². The lowest BCUT2D eigenvalue weighted by Crippen LogP contribution is -2.53. The summed E-state index contributed by atoms with van der Waals surface area (Å²) in [5, 5.41) is 44.2. The Morgan fingerprint density at radius 2 is 0.548 bits per heavy atom. The lowest BCUT2D eigenvalue weighted by Gasteiger charge is -2.27. The van der Waals surface area contributed by atoms with Gasteiger partial charge in [0, 0.05) is 0 Å². The van der Waals surface area contributed by atoms with Crippen molar-refractivity contribution in [1.29, 1.82) is 0 Å². The van der Waals surface area contributed by atoms with Crippen molar-refractivity contribution in [1.82, 2.24) is 5.32 Å². The second kappa shape index (κ2) is 61.9. The van der Waals surface area contributed by atoms with Crippen molar-refractivity contribution in [2.75, 3.05) is 6.61 Å². The Morgan fingerprint density at radius 3 is 0.795 bits per heavy atom. The summed E-state index contributed by atoms with van der Waals surface area (Å²) >= 11 is 0. The summed E-state index contributed by atoms with van der Waals surface area (Å²) in [6.45, 7) is 4.11. The van der Waals surface area contributed by atoms with Gasteiger partial charge < -0.3 is 25.7 Å². The number of unbranched alkanes of at least 4 members (excludes halogenated alkanes) is 52. The maximum atomic E-state index is 12.7. The van der Waals surface area contributed by atoms with Crippen LogP contribution in [0.25, 0.3) is 0 Å². The van der Waals surface area contributed by atoms with E-state index in [0.717, 1.165) is 38.5 Å². The molecule has 0 heterocycles. The van der Waals surface area contributed by atoms with E-state index in [0.29, 0.717) is 12.8 Å². The van der Waals surface area contributed by atoms with E-state index >= 15 is 0 Å². The standard InChI is InChI=1S/C67H133NO5/c1-3-5-7-9-11-13-15-17-19-21-23-25-27-29-31-33-35-37-39-41-43-45-47-49-51-53-55-57-59-61-65(71)67(73)68-63(62-69)66(72)64(70)60-58-56-54-52-50-48-46-44-42-40-38-36-34-32-30-28-26-24-22-20-18-16-14-12-10-8-6-4-2/h29,31,63-66,69-72H,3-28,30,32-62H2,1-2H3,(H,68,73)/b31-29-. The smallest absolute Gasteiger partial charge is 0.249 e. The maximum absolute atomic E-state index is 12.7. The van der Waals surface area contributed by atoms with Crippen LogP contribution in [0.2, 0.25) is 0 Å². The highest BCUT2D eigenvalue weighted by molar-refractivity contribution is 5.80. The van der Waals surface area contributed by atoms with Crippen LogP contribution >= 0.6 is 0 Å². The largest absolute Gasteiger partial charge is 0.394 e. The first kappa shape index (κ1) is 72.0. The quantitative estimate of drug-likeness (QED) is 0.0308. The Balaban J connectivity index is 3.54. The van der Waals surface area contributed by atoms with E-state index in [1.165, 1.54) is 315 Å². The van der Waals surface area contributed by atoms with E-state index in [1.54, 1.807) is 0 Å². The minimum absolute atomic E-state index is 0.373. The van der Waals surface area contributed by atoms with E-state index in [1.807, 2.05) is 0 Å². The summed E-state index contributed by atoms with van der Waals surface area (Å²) in [5.74, 6) is -0.576. The predicted molar refractivity (Wildman–Crippen MR) is 321 cm³/mol. The van der Waals surface area contributed by atoms with E-state index in [4.69, 9.17) is 0 Å². The average molecular weight is 1030 g/mol. The van der Waals surface area contributed by atoms with Crippen LogP contribution in [0.4, 0.5) is 0 Å². The van der Waals surface area contributed by atoms with Crippen LogP contribution in [0.1, 0.15) is 380 Å². The van der Waals surface area contributed by atoms with Gasteiger partial charge in [0.2, 0.25) is 5.91 Å². The molecule has 4 atom stereocenters. The fraction of sp³-hybridized carbons (Fsp3) is 0.955. The van der Waals surface area contributed by atoms with Crippen molar-refractivity contribution in [2.24, 2.45) is 0 Å². The number of rotatable bonds is 63. The lowest BCUT2D eigenvalue weighted by molar-refractivity contribution is -0.132. The highest BCUT2D eigenvalue weighted by atomic mass is 16.3. The lowest BCUT2D eigenvalue weighted by atomic mass is 9.99. The van der Waals surface area contributed by atoms with E-state index in [-0.39, 0.29) is 0 Å². The molecule has 0 aliphatic rings. The van der Waals surface area contributed by atoms with Gasteiger partial charge in [0.15, 0.2) is 0 Å². The summed E-state index contributed by atoms with van der Waals surface area (Å²) in [6, 6.07) is -0.984. The summed E-state index contributed by atoms with van der Waals surface area (Å²) in [7, 11) is 0. The Morgan fingerprint density at radius 1 is 0.329 bits per heavy atom. The summed E-state index contributed by atoms with van der Waals surface area (Å²) in [4.78, 5) is 12.7. The van der Waals surface area contributed by atoms with Gasteiger partial charge in [-0.15, -0.1) is 0 Å². The number of amides is 1. The van der Waals surface area contributed by atoms with Crippen LogP contribution in [0.15, 0.2) is 12.2 Å². The van der Waals surface area contributed by atoms with Crippen molar-refractivity contribution in [3.8, 4) is 0 Å². The number of allylic oxidation sites excluding steroid dienone is 2. The molecule has 5 N–H and O–H groups in total. The zero-order valence-electron chi connectivity index (χ0n) is 49.7. The minimum Gasteiger partial charge on any atom is -0.394 e. The van der Waals surface area contributed by atoms with Crippen molar-refractivity contribution in [3.05, 3.63) is 12.2 Å². The third-order valence-corrected chi connectivity index (χ3v) is 16.2. The highest BCUT2D eigenvalue weighted by Gasteiger charge is 2.28. The SMILES string of the molecule is CCCCCCCCCCCCCC/C=C\CCCCCCCCCCCCCCCC(O)C(=O)NC(CO)C(O)C(O)CCCCCCCCCCCCCCCCCCCCCCCCCCCCCC. The Hall–Kier alpha value is -0.950. The van der Waals surface area contributed by atoms with Crippen LogP contribution in [0.5, 0.6) is 0 Å². The van der Waals surface area contributed by atoms with Gasteiger partial charge in [0.1, 0.15) is 12.2 Å². The molecule has 0 bridgehead atoms. The number of carbonyl (C=O) groups is 1. The zero-order valence-corrected chi connectivity index (χ0v) is 49.7. The van der Waals surface area contributed by atoms with Crippen molar-refractivity contribution < 1.29 is 25.2 Å². The second-order valence-electron chi connectivity index (χ2n) is 23.5. The van der Waals surface area contributed by atoms with Gasteiger partial charge in [-0.1, -0.05) is 353 Å². The molecule has 0 aromatic heterocycles. The molecule has 6 nitrogen and oxygen atoms in total. The first-order valence-electron chi connectivity index (χ1n) is 33.6. The molecular formula is C67H133NO5. The number of aliphatic hydroxyl groups is 4. The monoisotopic (exact) mass is 1030 g/mol. The molecule has 0 spiro atoms. The van der Waals surface area contributed by atoms with E-state index in [2.05, 4.69) is 31.3 Å². The second-order valence-corrected chi connectivity index (χ2v) is 23.5. The van der Waals surface area contributed by atoms with E-state index in [9.17, 15) is 25.2 Å². The maximum Gasteiger partial charge on any atom is 0.249 e. The predicted octanol–water partition coefficient (Wildman–Crippen LogP) is 20.4. The molecule has 0 radical (unpaired) electrons. The molecular weight excluding hydrogens is 899 g/mol. The number of nitrogens with one attached hydrogen (secondary N) is 1. The molecule has 0 rings (SSSR count). The van der Waals surface area contributed by atoms with Crippen molar-refractivity contribution in [2.45, 2.75) is 404 Å². The molecule has 0 aromatic rings. The van der Waals surface area contributed by atoms with Crippen LogP contribution < -0.4 is 5.32 Å². The molecule has 1 amide bonds. The van der Waals surface area contributed by atoms with Crippen LogP contribution in [0, 0.1) is 0 Å². The van der Waals surface area contributed by atoms with Gasteiger partial charge in [-0.2, -0.15) is 0 Å². The molecule has 73 heavy (non-hydrogen) atoms. The molecule has 0 aliphatic carbocycles. The zero-order chi connectivity index (χ0) is 53.0. The first-order valence-corrected chi connectivity index (χ1v) is 33.6. The van der Waals surface area contributed by atoms with Crippen LogP contribution in [-0.2, 0) is 4.79 Å². The Labute approximate surface area is 457 Å². The third-order valence-electron chi connectivity index (χ3n) is 16.2. The molecule has 0 fully saturated rings. The molecule has 0 saturated carbocycles.